The molecule has 0 radical (unpaired) electrons. The summed E-state index contributed by atoms with van der Waals surface area (Å²) in [6.45, 7) is 13.2. The number of rotatable bonds is 13. The Morgan fingerprint density at radius 1 is 1.11 bits per heavy atom. The van der Waals surface area contributed by atoms with Gasteiger partial charge in [0.05, 0.1) is 39.0 Å². The van der Waals surface area contributed by atoms with Gasteiger partial charge in [-0.25, -0.2) is 0 Å². The van der Waals surface area contributed by atoms with Gasteiger partial charge in [-0.2, -0.15) is 0 Å². The highest BCUT2D eigenvalue weighted by molar-refractivity contribution is 5.71. The van der Waals surface area contributed by atoms with Gasteiger partial charge in [-0.05, 0) is 58.3 Å². The van der Waals surface area contributed by atoms with Crippen LogP contribution in [0.3, 0.4) is 0 Å². The Labute approximate surface area is 215 Å². The molecule has 5 unspecified atom stereocenters. The van der Waals surface area contributed by atoms with E-state index in [-0.39, 0.29) is 12.3 Å². The summed E-state index contributed by atoms with van der Waals surface area (Å²) in [5.41, 5.74) is -0.284. The fourth-order valence-electron chi connectivity index (χ4n) is 4.00. The molecule has 1 aliphatic heterocycles. The topological polar surface area (TPSA) is 107 Å². The van der Waals surface area contributed by atoms with Crippen LogP contribution in [0.15, 0.2) is 23.8 Å². The van der Waals surface area contributed by atoms with Crippen LogP contribution in [0, 0.1) is 5.92 Å². The third-order valence-corrected chi connectivity index (χ3v) is 6.01. The molecule has 0 aromatic rings. The summed E-state index contributed by atoms with van der Waals surface area (Å²) in [5.74, 6) is -1.16. The summed E-state index contributed by atoms with van der Waals surface area (Å²) in [4.78, 5) is 36.0. The molecule has 1 rings (SSSR count). The van der Waals surface area contributed by atoms with Gasteiger partial charge in [-0.1, -0.05) is 13.0 Å². The van der Waals surface area contributed by atoms with Crippen LogP contribution >= 0.6 is 0 Å². The van der Waals surface area contributed by atoms with Crippen LogP contribution in [0.1, 0.15) is 60.8 Å². The van der Waals surface area contributed by atoms with E-state index < -0.39 is 35.9 Å². The van der Waals surface area contributed by atoms with Gasteiger partial charge in [0.2, 0.25) is 0 Å². The quantitative estimate of drug-likeness (QED) is 0.120. The summed E-state index contributed by atoms with van der Waals surface area (Å²) in [5, 5.41) is 0. The number of carbonyl (C=O) groups is 3. The van der Waals surface area contributed by atoms with Crippen LogP contribution in [0.25, 0.3) is 0 Å². The van der Waals surface area contributed by atoms with E-state index in [4.69, 9.17) is 28.4 Å². The smallest absolute Gasteiger partial charge is 0.309 e. The number of aldehydes is 1. The SMILES string of the molecule is CCOCCOC1CCC(C)(OCCOCC)C(OC(C)=O)/C=C/C(C)C(/C(C)=C/C=O)OC(=O)C1. The molecule has 0 bridgehead atoms. The molecule has 0 aliphatic carbocycles. The minimum Gasteiger partial charge on any atom is -0.457 e. The molecule has 0 spiro atoms. The van der Waals surface area contributed by atoms with Crippen LogP contribution in [-0.2, 0) is 42.8 Å². The van der Waals surface area contributed by atoms with Crippen molar-refractivity contribution in [3.05, 3.63) is 23.8 Å². The molecule has 0 N–H and O–H groups in total. The van der Waals surface area contributed by atoms with Crippen molar-refractivity contribution in [3.63, 3.8) is 0 Å². The highest BCUT2D eigenvalue weighted by atomic mass is 16.6. The average molecular weight is 513 g/mol. The van der Waals surface area contributed by atoms with Crippen molar-refractivity contribution < 1.29 is 42.8 Å². The van der Waals surface area contributed by atoms with Crippen molar-refractivity contribution in [2.75, 3.05) is 39.6 Å². The Balaban J connectivity index is 3.35. The van der Waals surface area contributed by atoms with Crippen LogP contribution in [0.4, 0.5) is 0 Å². The van der Waals surface area contributed by atoms with Crippen molar-refractivity contribution in [1.82, 2.24) is 0 Å². The van der Waals surface area contributed by atoms with Crippen molar-refractivity contribution >= 4 is 18.2 Å². The number of allylic oxidation sites excluding steroid dienone is 1. The monoisotopic (exact) mass is 512 g/mol. The van der Waals surface area contributed by atoms with Gasteiger partial charge in [0, 0.05) is 26.1 Å². The first-order valence-electron chi connectivity index (χ1n) is 12.7. The zero-order valence-corrected chi connectivity index (χ0v) is 22.7. The third kappa shape index (κ3) is 11.8. The molecule has 0 amide bonds. The molecule has 0 saturated carbocycles. The second-order valence-corrected chi connectivity index (χ2v) is 9.02. The van der Waals surface area contributed by atoms with Gasteiger partial charge in [-0.3, -0.25) is 14.4 Å². The molecule has 9 nitrogen and oxygen atoms in total. The third-order valence-electron chi connectivity index (χ3n) is 6.01. The number of hydrogen-bond acceptors (Lipinski definition) is 9. The maximum atomic E-state index is 12.9. The molecule has 0 aromatic carbocycles. The van der Waals surface area contributed by atoms with Gasteiger partial charge >= 0.3 is 11.9 Å². The van der Waals surface area contributed by atoms with Gasteiger partial charge in [-0.15, -0.1) is 0 Å². The van der Waals surface area contributed by atoms with E-state index in [0.29, 0.717) is 64.3 Å². The average Bonchev–Trinajstić information content (AvgIpc) is 2.83. The summed E-state index contributed by atoms with van der Waals surface area (Å²) < 4.78 is 34.5. The van der Waals surface area contributed by atoms with E-state index in [9.17, 15) is 14.4 Å². The second-order valence-electron chi connectivity index (χ2n) is 9.02. The van der Waals surface area contributed by atoms with E-state index in [1.165, 1.54) is 13.0 Å². The van der Waals surface area contributed by atoms with Crippen molar-refractivity contribution in [3.8, 4) is 0 Å². The zero-order chi connectivity index (χ0) is 27.0. The molecular weight excluding hydrogens is 468 g/mol. The first kappa shape index (κ1) is 32.0. The highest BCUT2D eigenvalue weighted by Crippen LogP contribution is 2.30. The predicted molar refractivity (Wildman–Crippen MR) is 134 cm³/mol. The van der Waals surface area contributed by atoms with E-state index >= 15 is 0 Å². The van der Waals surface area contributed by atoms with Gasteiger partial charge < -0.3 is 28.4 Å². The molecule has 0 saturated heterocycles. The lowest BCUT2D eigenvalue weighted by Crippen LogP contribution is -2.45. The van der Waals surface area contributed by atoms with E-state index in [1.807, 2.05) is 33.8 Å². The fraction of sp³-hybridized carbons (Fsp3) is 0.741. The van der Waals surface area contributed by atoms with Crippen LogP contribution in [0.2, 0.25) is 0 Å². The maximum Gasteiger partial charge on any atom is 0.309 e. The summed E-state index contributed by atoms with van der Waals surface area (Å²) in [6, 6.07) is 0. The normalized spacial score (nSPS) is 28.9. The first-order valence-corrected chi connectivity index (χ1v) is 12.7. The number of hydrogen-bond donors (Lipinski definition) is 0. The number of ether oxygens (including phenoxy) is 6. The second kappa shape index (κ2) is 17.4. The number of carbonyl (C=O) groups excluding carboxylic acids is 3. The maximum absolute atomic E-state index is 12.9. The predicted octanol–water partition coefficient (Wildman–Crippen LogP) is 3.58. The zero-order valence-electron chi connectivity index (χ0n) is 22.7. The molecule has 1 heterocycles. The highest BCUT2D eigenvalue weighted by Gasteiger charge is 2.38. The summed E-state index contributed by atoms with van der Waals surface area (Å²) >= 11 is 0. The van der Waals surface area contributed by atoms with E-state index in [0.717, 1.165) is 0 Å². The Bertz CT molecular complexity index is 733. The molecule has 1 aliphatic rings. The lowest BCUT2D eigenvalue weighted by Gasteiger charge is -2.37. The van der Waals surface area contributed by atoms with Crippen molar-refractivity contribution in [2.45, 2.75) is 84.7 Å². The molecule has 0 fully saturated rings. The summed E-state index contributed by atoms with van der Waals surface area (Å²) in [6.07, 6.45) is 4.77. The lowest BCUT2D eigenvalue weighted by molar-refractivity contribution is -0.167. The molecule has 5 atom stereocenters. The van der Waals surface area contributed by atoms with Crippen molar-refractivity contribution in [1.29, 1.82) is 0 Å². The Morgan fingerprint density at radius 2 is 1.78 bits per heavy atom. The molecular formula is C27H44O9. The van der Waals surface area contributed by atoms with Crippen LogP contribution < -0.4 is 0 Å². The largest absolute Gasteiger partial charge is 0.457 e. The minimum absolute atomic E-state index is 0.0285. The standard InChI is InChI=1S/C27H44O9/c1-7-31-15-17-33-23-11-13-27(6,34-18-16-32-8-2)24(35-22(5)29)10-9-20(3)26(21(4)12-14-28)36-25(30)19-23/h9-10,12,14,20,23-24,26H,7-8,11,13,15-19H2,1-6H3/b10-9+,21-12+. The summed E-state index contributed by atoms with van der Waals surface area (Å²) in [7, 11) is 0. The van der Waals surface area contributed by atoms with Crippen molar-refractivity contribution in [2.24, 2.45) is 5.92 Å². The Kier molecular flexibility index (Phi) is 15.4. The Hall–Kier alpha value is -2.07. The van der Waals surface area contributed by atoms with Gasteiger partial charge in [0.15, 0.2) is 0 Å². The van der Waals surface area contributed by atoms with Gasteiger partial charge in [0.1, 0.15) is 24.1 Å². The Morgan fingerprint density at radius 3 is 2.39 bits per heavy atom. The lowest BCUT2D eigenvalue weighted by atomic mass is 9.88. The number of esters is 2. The molecule has 36 heavy (non-hydrogen) atoms. The molecule has 206 valence electrons. The first-order chi connectivity index (χ1) is 17.2. The van der Waals surface area contributed by atoms with E-state index in [2.05, 4.69) is 0 Å². The number of cyclic esters (lactones) is 1. The van der Waals surface area contributed by atoms with Gasteiger partial charge in [0.25, 0.3) is 0 Å². The minimum atomic E-state index is -0.896. The molecule has 0 aromatic heterocycles. The molecule has 9 heteroatoms. The van der Waals surface area contributed by atoms with Crippen LogP contribution in [-0.4, -0.2) is 81.8 Å². The van der Waals surface area contributed by atoms with E-state index in [1.54, 1.807) is 13.0 Å². The fourth-order valence-corrected chi connectivity index (χ4v) is 4.00. The van der Waals surface area contributed by atoms with Crippen LogP contribution in [0.5, 0.6) is 0 Å².